The molecule has 1 amide bonds. The number of carbonyl (C=O) groups is 1. The Morgan fingerprint density at radius 2 is 1.95 bits per heavy atom. The van der Waals surface area contributed by atoms with E-state index in [9.17, 15) is 4.79 Å². The molecule has 0 heterocycles. The van der Waals surface area contributed by atoms with Gasteiger partial charge in [0.25, 0.3) is 0 Å². The van der Waals surface area contributed by atoms with Crippen molar-refractivity contribution < 1.29 is 9.53 Å². The molecule has 0 saturated heterocycles. The number of benzene rings is 1. The van der Waals surface area contributed by atoms with Gasteiger partial charge >= 0.3 is 0 Å². The molecule has 0 unspecified atom stereocenters. The monoisotopic (exact) mass is 304 g/mol. The van der Waals surface area contributed by atoms with Gasteiger partial charge in [0.1, 0.15) is 5.75 Å². The van der Waals surface area contributed by atoms with Crippen LogP contribution in [0.2, 0.25) is 0 Å². The number of rotatable bonds is 5. The van der Waals surface area contributed by atoms with Crippen LogP contribution in [0.15, 0.2) is 24.3 Å². The number of amides is 1. The summed E-state index contributed by atoms with van der Waals surface area (Å²) in [5, 5.41) is 2.93. The van der Waals surface area contributed by atoms with Crippen molar-refractivity contribution in [2.45, 2.75) is 65.1 Å². The average Bonchev–Trinajstić information content (AvgIpc) is 2.97. The van der Waals surface area contributed by atoms with Crippen LogP contribution in [-0.2, 0) is 11.3 Å². The minimum atomic E-state index is -0.518. The van der Waals surface area contributed by atoms with Crippen LogP contribution < -0.4 is 15.8 Å². The van der Waals surface area contributed by atoms with E-state index < -0.39 is 6.04 Å². The fourth-order valence-corrected chi connectivity index (χ4v) is 2.64. The Morgan fingerprint density at radius 1 is 1.32 bits per heavy atom. The van der Waals surface area contributed by atoms with Gasteiger partial charge in [-0.25, -0.2) is 0 Å². The number of ether oxygens (including phenoxy) is 1. The van der Waals surface area contributed by atoms with Crippen molar-refractivity contribution in [2.24, 2.45) is 11.1 Å². The van der Waals surface area contributed by atoms with Crippen molar-refractivity contribution in [3.05, 3.63) is 29.8 Å². The van der Waals surface area contributed by atoms with Crippen molar-refractivity contribution in [1.29, 1.82) is 0 Å². The van der Waals surface area contributed by atoms with Crippen LogP contribution in [0.4, 0.5) is 0 Å². The van der Waals surface area contributed by atoms with Crippen LogP contribution in [0.25, 0.3) is 0 Å². The van der Waals surface area contributed by atoms with E-state index in [1.807, 2.05) is 45.0 Å². The Morgan fingerprint density at radius 3 is 2.59 bits per heavy atom. The SMILES string of the molecule is CC(C)(C)[C@H](N)C(=O)NCc1ccccc1OC1CCCC1. The summed E-state index contributed by atoms with van der Waals surface area (Å²) < 4.78 is 6.08. The molecule has 0 radical (unpaired) electrons. The molecule has 1 aliphatic carbocycles. The van der Waals surface area contributed by atoms with Crippen LogP contribution in [0.3, 0.4) is 0 Å². The Hall–Kier alpha value is -1.55. The highest BCUT2D eigenvalue weighted by molar-refractivity contribution is 5.82. The molecule has 4 nitrogen and oxygen atoms in total. The molecule has 0 aromatic heterocycles. The van der Waals surface area contributed by atoms with Gasteiger partial charge in [0.05, 0.1) is 12.1 Å². The molecule has 3 N–H and O–H groups in total. The predicted octanol–water partition coefficient (Wildman–Crippen LogP) is 3.00. The van der Waals surface area contributed by atoms with Gasteiger partial charge in [0.2, 0.25) is 5.91 Å². The molecule has 4 heteroatoms. The van der Waals surface area contributed by atoms with Gasteiger partial charge < -0.3 is 15.8 Å². The van der Waals surface area contributed by atoms with Crippen molar-refractivity contribution >= 4 is 5.91 Å². The minimum Gasteiger partial charge on any atom is -0.490 e. The number of hydrogen-bond acceptors (Lipinski definition) is 3. The van der Waals surface area contributed by atoms with Crippen LogP contribution in [-0.4, -0.2) is 18.1 Å². The van der Waals surface area contributed by atoms with E-state index in [1.165, 1.54) is 12.8 Å². The van der Waals surface area contributed by atoms with Crippen molar-refractivity contribution in [1.82, 2.24) is 5.32 Å². The molecule has 0 spiro atoms. The van der Waals surface area contributed by atoms with Gasteiger partial charge in [0, 0.05) is 12.1 Å². The fraction of sp³-hybridized carbons (Fsp3) is 0.611. The van der Waals surface area contributed by atoms with Crippen LogP contribution in [0.5, 0.6) is 5.75 Å². The van der Waals surface area contributed by atoms with E-state index in [2.05, 4.69) is 5.32 Å². The first-order chi connectivity index (χ1) is 10.4. The molecule has 1 saturated carbocycles. The van der Waals surface area contributed by atoms with E-state index in [0.29, 0.717) is 12.6 Å². The topological polar surface area (TPSA) is 64.4 Å². The molecular formula is C18H28N2O2. The second kappa shape index (κ2) is 7.14. The molecule has 1 atom stereocenters. The molecule has 0 bridgehead atoms. The normalized spacial score (nSPS) is 17.3. The third kappa shape index (κ3) is 4.47. The molecule has 1 aliphatic rings. The number of nitrogens with one attached hydrogen (secondary N) is 1. The molecule has 2 rings (SSSR count). The van der Waals surface area contributed by atoms with Gasteiger partial charge in [0.15, 0.2) is 0 Å². The molecule has 1 aromatic carbocycles. The number of nitrogens with two attached hydrogens (primary N) is 1. The van der Waals surface area contributed by atoms with E-state index >= 15 is 0 Å². The summed E-state index contributed by atoms with van der Waals surface area (Å²) in [6, 6.07) is 7.38. The largest absolute Gasteiger partial charge is 0.490 e. The van der Waals surface area contributed by atoms with E-state index in [-0.39, 0.29) is 11.3 Å². The molecule has 0 aliphatic heterocycles. The van der Waals surface area contributed by atoms with Crippen molar-refractivity contribution in [2.75, 3.05) is 0 Å². The Balaban J connectivity index is 1.96. The van der Waals surface area contributed by atoms with E-state index in [0.717, 1.165) is 24.2 Å². The zero-order chi connectivity index (χ0) is 16.2. The molecule has 22 heavy (non-hydrogen) atoms. The van der Waals surface area contributed by atoms with Gasteiger partial charge in [-0.3, -0.25) is 4.79 Å². The maximum absolute atomic E-state index is 12.1. The summed E-state index contributed by atoms with van der Waals surface area (Å²) >= 11 is 0. The average molecular weight is 304 g/mol. The first-order valence-electron chi connectivity index (χ1n) is 8.16. The highest BCUT2D eigenvalue weighted by Gasteiger charge is 2.27. The summed E-state index contributed by atoms with van der Waals surface area (Å²) in [4.78, 5) is 12.1. The molecule has 1 fully saturated rings. The first kappa shape index (κ1) is 16.8. The molecule has 1 aromatic rings. The third-order valence-electron chi connectivity index (χ3n) is 4.24. The summed E-state index contributed by atoms with van der Waals surface area (Å²) in [5.74, 6) is 0.752. The quantitative estimate of drug-likeness (QED) is 0.879. The number of para-hydroxylation sites is 1. The van der Waals surface area contributed by atoms with Crippen molar-refractivity contribution in [3.8, 4) is 5.75 Å². The zero-order valence-corrected chi connectivity index (χ0v) is 13.9. The highest BCUT2D eigenvalue weighted by Crippen LogP contribution is 2.26. The lowest BCUT2D eigenvalue weighted by Gasteiger charge is -2.26. The molecule has 122 valence electrons. The standard InChI is InChI=1S/C18H28N2O2/c1-18(2,3)16(19)17(21)20-12-13-8-4-7-11-15(13)22-14-9-5-6-10-14/h4,7-8,11,14,16H,5-6,9-10,12,19H2,1-3H3,(H,20,21)/t16-/m1/s1. The Labute approximate surface area is 133 Å². The molecular weight excluding hydrogens is 276 g/mol. The van der Waals surface area contributed by atoms with Gasteiger partial charge in [-0.2, -0.15) is 0 Å². The van der Waals surface area contributed by atoms with Crippen LogP contribution in [0.1, 0.15) is 52.0 Å². The summed E-state index contributed by atoms with van der Waals surface area (Å²) in [6.07, 6.45) is 5.04. The van der Waals surface area contributed by atoms with Gasteiger partial charge in [-0.1, -0.05) is 39.0 Å². The minimum absolute atomic E-state index is 0.122. The fourth-order valence-electron chi connectivity index (χ4n) is 2.64. The maximum atomic E-state index is 12.1. The highest BCUT2D eigenvalue weighted by atomic mass is 16.5. The number of hydrogen-bond donors (Lipinski definition) is 2. The van der Waals surface area contributed by atoms with Crippen LogP contribution >= 0.6 is 0 Å². The summed E-state index contributed by atoms with van der Waals surface area (Å²) in [6.45, 7) is 6.35. The van der Waals surface area contributed by atoms with Gasteiger partial charge in [-0.05, 0) is 37.2 Å². The predicted molar refractivity (Wildman–Crippen MR) is 88.6 cm³/mol. The van der Waals surface area contributed by atoms with E-state index in [4.69, 9.17) is 10.5 Å². The lowest BCUT2D eigenvalue weighted by molar-refractivity contribution is -0.124. The number of carbonyl (C=O) groups excluding carboxylic acids is 1. The lowest BCUT2D eigenvalue weighted by Crippen LogP contribution is -2.48. The zero-order valence-electron chi connectivity index (χ0n) is 13.9. The Kier molecular flexibility index (Phi) is 5.46. The van der Waals surface area contributed by atoms with Gasteiger partial charge in [-0.15, -0.1) is 0 Å². The second-order valence-corrected chi connectivity index (χ2v) is 7.19. The van der Waals surface area contributed by atoms with Crippen LogP contribution in [0, 0.1) is 5.41 Å². The second-order valence-electron chi connectivity index (χ2n) is 7.19. The summed E-state index contributed by atoms with van der Waals surface area (Å²) in [7, 11) is 0. The van der Waals surface area contributed by atoms with Crippen molar-refractivity contribution in [3.63, 3.8) is 0 Å². The summed E-state index contributed by atoms with van der Waals surface area (Å²) in [5.41, 5.74) is 6.74. The smallest absolute Gasteiger partial charge is 0.237 e. The Bertz CT molecular complexity index is 502. The third-order valence-corrected chi connectivity index (χ3v) is 4.24. The lowest BCUT2D eigenvalue weighted by atomic mass is 9.87. The maximum Gasteiger partial charge on any atom is 0.237 e. The van der Waals surface area contributed by atoms with E-state index in [1.54, 1.807) is 0 Å². The first-order valence-corrected chi connectivity index (χ1v) is 8.16.